The molecule has 1 aromatic carbocycles. The zero-order valence-corrected chi connectivity index (χ0v) is 6.96. The third-order valence-corrected chi connectivity index (χ3v) is 2.58. The number of para-hydroxylation sites is 1. The quantitative estimate of drug-likeness (QED) is 0.598. The highest BCUT2D eigenvalue weighted by atomic mass is 15.0. The van der Waals surface area contributed by atoms with E-state index >= 15 is 0 Å². The second-order valence-electron chi connectivity index (χ2n) is 3.31. The van der Waals surface area contributed by atoms with Gasteiger partial charge in [0, 0.05) is 19.1 Å². The molecule has 0 amide bonds. The van der Waals surface area contributed by atoms with Crippen LogP contribution in [-0.4, -0.2) is 6.04 Å². The van der Waals surface area contributed by atoms with E-state index in [1.807, 2.05) is 0 Å². The van der Waals surface area contributed by atoms with Crippen LogP contribution in [0.4, 0.5) is 5.69 Å². The van der Waals surface area contributed by atoms with E-state index in [1.54, 1.807) is 0 Å². The maximum atomic E-state index is 3.45. The van der Waals surface area contributed by atoms with Crippen molar-refractivity contribution < 1.29 is 1.43 Å². The van der Waals surface area contributed by atoms with Crippen LogP contribution < -0.4 is 5.32 Å². The first-order valence-electron chi connectivity index (χ1n) is 4.14. The monoisotopic (exact) mass is 149 g/mol. The molecule has 1 aromatic rings. The van der Waals surface area contributed by atoms with E-state index in [0.29, 0.717) is 12.0 Å². The zero-order chi connectivity index (χ0) is 7.84. The Bertz CT molecular complexity index is 272. The summed E-state index contributed by atoms with van der Waals surface area (Å²) in [7, 11) is 0. The molecule has 0 aliphatic carbocycles. The van der Waals surface area contributed by atoms with Gasteiger partial charge in [0.25, 0.3) is 0 Å². The van der Waals surface area contributed by atoms with E-state index in [0.717, 1.165) is 0 Å². The van der Waals surface area contributed by atoms with Gasteiger partial charge in [-0.3, -0.25) is 0 Å². The minimum atomic E-state index is 0. The van der Waals surface area contributed by atoms with Crippen LogP contribution in [0.15, 0.2) is 24.3 Å². The van der Waals surface area contributed by atoms with E-state index in [9.17, 15) is 0 Å². The van der Waals surface area contributed by atoms with Crippen LogP contribution in [0.2, 0.25) is 0 Å². The highest BCUT2D eigenvalue weighted by Gasteiger charge is 2.23. The number of hydrogen-bond acceptors (Lipinski definition) is 1. The van der Waals surface area contributed by atoms with Crippen molar-refractivity contribution in [1.29, 1.82) is 0 Å². The molecule has 0 fully saturated rings. The second-order valence-corrected chi connectivity index (χ2v) is 3.31. The van der Waals surface area contributed by atoms with Gasteiger partial charge in [0.1, 0.15) is 0 Å². The molecule has 1 aliphatic heterocycles. The van der Waals surface area contributed by atoms with Gasteiger partial charge in [0.15, 0.2) is 0 Å². The largest absolute Gasteiger partial charge is 0.382 e. The molecule has 0 radical (unpaired) electrons. The first-order valence-corrected chi connectivity index (χ1v) is 4.14. The first-order chi connectivity index (χ1) is 5.29. The summed E-state index contributed by atoms with van der Waals surface area (Å²) in [6, 6.07) is 9.13. The number of fused-ring (bicyclic) bond motifs is 1. The predicted octanol–water partition coefficient (Wildman–Crippen LogP) is 2.85. The predicted molar refractivity (Wildman–Crippen MR) is 50.1 cm³/mol. The summed E-state index contributed by atoms with van der Waals surface area (Å²) in [6.45, 7) is 4.49. The Labute approximate surface area is 68.9 Å². The standard InChI is InChI=1S/C10H13N.H2/c1-7-8(2)11-10-6-4-3-5-9(7)10;/h3-8,11H,1-2H3;1H. The van der Waals surface area contributed by atoms with Crippen LogP contribution >= 0.6 is 0 Å². The molecule has 1 N–H and O–H groups in total. The third kappa shape index (κ3) is 0.917. The summed E-state index contributed by atoms with van der Waals surface area (Å²) in [5.41, 5.74) is 2.77. The molecule has 0 saturated carbocycles. The van der Waals surface area contributed by atoms with Crippen molar-refractivity contribution in [1.82, 2.24) is 0 Å². The van der Waals surface area contributed by atoms with Crippen molar-refractivity contribution >= 4 is 5.69 Å². The summed E-state index contributed by atoms with van der Waals surface area (Å²) in [6.07, 6.45) is 0. The number of rotatable bonds is 0. The average Bonchev–Trinajstić information content (AvgIpc) is 2.30. The Hall–Kier alpha value is -0.980. The highest BCUT2D eigenvalue weighted by molar-refractivity contribution is 5.58. The van der Waals surface area contributed by atoms with Crippen LogP contribution in [-0.2, 0) is 0 Å². The molecule has 2 atom stereocenters. The SMILES string of the molecule is CC1Nc2ccccc2C1C.[HH]. The fourth-order valence-electron chi connectivity index (χ4n) is 1.67. The molecule has 0 aromatic heterocycles. The molecule has 0 spiro atoms. The van der Waals surface area contributed by atoms with Crippen LogP contribution in [0.5, 0.6) is 0 Å². The summed E-state index contributed by atoms with van der Waals surface area (Å²) < 4.78 is 0. The number of anilines is 1. The minimum Gasteiger partial charge on any atom is -0.382 e. The van der Waals surface area contributed by atoms with Gasteiger partial charge in [-0.25, -0.2) is 0 Å². The lowest BCUT2D eigenvalue weighted by molar-refractivity contribution is 0.690. The van der Waals surface area contributed by atoms with E-state index in [-0.39, 0.29) is 1.43 Å². The molecule has 2 rings (SSSR count). The maximum Gasteiger partial charge on any atom is 0.0378 e. The molecule has 11 heavy (non-hydrogen) atoms. The van der Waals surface area contributed by atoms with Gasteiger partial charge >= 0.3 is 0 Å². The summed E-state index contributed by atoms with van der Waals surface area (Å²) >= 11 is 0. The fraction of sp³-hybridized carbons (Fsp3) is 0.400. The lowest BCUT2D eigenvalue weighted by atomic mass is 9.99. The Morgan fingerprint density at radius 3 is 2.73 bits per heavy atom. The van der Waals surface area contributed by atoms with E-state index < -0.39 is 0 Å². The molecule has 1 heterocycles. The number of nitrogens with one attached hydrogen (secondary N) is 1. The van der Waals surface area contributed by atoms with Crippen LogP contribution in [0.1, 0.15) is 26.8 Å². The van der Waals surface area contributed by atoms with Crippen LogP contribution in [0.25, 0.3) is 0 Å². The Balaban J connectivity index is 0.000000720. The maximum absolute atomic E-state index is 3.45. The van der Waals surface area contributed by atoms with Crippen molar-refractivity contribution in [3.8, 4) is 0 Å². The number of benzene rings is 1. The molecule has 2 unspecified atom stereocenters. The zero-order valence-electron chi connectivity index (χ0n) is 6.96. The Morgan fingerprint density at radius 2 is 2.00 bits per heavy atom. The Kier molecular flexibility index (Phi) is 1.38. The lowest BCUT2D eigenvalue weighted by Gasteiger charge is -2.08. The van der Waals surface area contributed by atoms with E-state index in [2.05, 4.69) is 43.4 Å². The molecule has 1 aliphatic rings. The second kappa shape index (κ2) is 2.26. The van der Waals surface area contributed by atoms with Gasteiger partial charge < -0.3 is 5.32 Å². The van der Waals surface area contributed by atoms with Gasteiger partial charge in [-0.15, -0.1) is 0 Å². The minimum absolute atomic E-state index is 0. The molecule has 0 saturated heterocycles. The summed E-state index contributed by atoms with van der Waals surface area (Å²) in [5, 5.41) is 3.45. The van der Waals surface area contributed by atoms with E-state index in [4.69, 9.17) is 0 Å². The van der Waals surface area contributed by atoms with E-state index in [1.165, 1.54) is 11.3 Å². The van der Waals surface area contributed by atoms with Crippen molar-refractivity contribution in [3.63, 3.8) is 0 Å². The van der Waals surface area contributed by atoms with Crippen molar-refractivity contribution in [3.05, 3.63) is 29.8 Å². The van der Waals surface area contributed by atoms with Gasteiger partial charge in [0.2, 0.25) is 0 Å². The summed E-state index contributed by atoms with van der Waals surface area (Å²) in [4.78, 5) is 0. The molecule has 1 heteroatoms. The molecular formula is C10H15N. The lowest BCUT2D eigenvalue weighted by Crippen LogP contribution is -2.12. The summed E-state index contributed by atoms with van der Waals surface area (Å²) in [5.74, 6) is 0.659. The molecule has 1 nitrogen and oxygen atoms in total. The highest BCUT2D eigenvalue weighted by Crippen LogP contribution is 2.34. The van der Waals surface area contributed by atoms with Crippen molar-refractivity contribution in [2.24, 2.45) is 0 Å². The average molecular weight is 149 g/mol. The van der Waals surface area contributed by atoms with Crippen LogP contribution in [0.3, 0.4) is 0 Å². The van der Waals surface area contributed by atoms with Gasteiger partial charge in [-0.05, 0) is 18.6 Å². The topological polar surface area (TPSA) is 12.0 Å². The van der Waals surface area contributed by atoms with Gasteiger partial charge in [0.05, 0.1) is 0 Å². The third-order valence-electron chi connectivity index (χ3n) is 2.58. The van der Waals surface area contributed by atoms with Gasteiger partial charge in [-0.2, -0.15) is 0 Å². The molecule has 0 bridgehead atoms. The normalized spacial score (nSPS) is 27.8. The van der Waals surface area contributed by atoms with Crippen molar-refractivity contribution in [2.75, 3.05) is 5.32 Å². The molecule has 60 valence electrons. The van der Waals surface area contributed by atoms with Crippen LogP contribution in [0, 0.1) is 0 Å². The fourth-order valence-corrected chi connectivity index (χ4v) is 1.67. The smallest absolute Gasteiger partial charge is 0.0378 e. The number of hydrogen-bond donors (Lipinski definition) is 1. The molecular weight excluding hydrogens is 134 g/mol. The first kappa shape index (κ1) is 6.71. The Morgan fingerprint density at radius 1 is 1.27 bits per heavy atom. The van der Waals surface area contributed by atoms with Crippen molar-refractivity contribution in [2.45, 2.75) is 25.8 Å². The van der Waals surface area contributed by atoms with Gasteiger partial charge in [-0.1, -0.05) is 25.1 Å².